The summed E-state index contributed by atoms with van der Waals surface area (Å²) in [6.45, 7) is 1.49. The Labute approximate surface area is 132 Å². The molecule has 0 unspecified atom stereocenters. The number of benzene rings is 1. The van der Waals surface area contributed by atoms with Gasteiger partial charge >= 0.3 is 5.69 Å². The smallest absolute Gasteiger partial charge is 0.349 e. The molecule has 3 heterocycles. The van der Waals surface area contributed by atoms with E-state index in [9.17, 15) is 4.79 Å². The van der Waals surface area contributed by atoms with Crippen LogP contribution in [0.1, 0.15) is 11.1 Å². The number of nitrogens with zero attached hydrogens (tertiary/aromatic N) is 6. The van der Waals surface area contributed by atoms with Gasteiger partial charge in [0.05, 0.1) is 6.07 Å². The normalized spacial score (nSPS) is 13.8. The van der Waals surface area contributed by atoms with Crippen molar-refractivity contribution >= 4 is 11.5 Å². The van der Waals surface area contributed by atoms with Gasteiger partial charge in [-0.25, -0.2) is 14.2 Å². The van der Waals surface area contributed by atoms with Crippen molar-refractivity contribution < 1.29 is 0 Å². The van der Waals surface area contributed by atoms with Gasteiger partial charge in [-0.15, -0.1) is 5.10 Å². The summed E-state index contributed by atoms with van der Waals surface area (Å²) < 4.78 is 2.61. The minimum absolute atomic E-state index is 0.0667. The summed E-state index contributed by atoms with van der Waals surface area (Å²) in [5, 5.41) is 13.1. The van der Waals surface area contributed by atoms with Crippen LogP contribution in [-0.2, 0) is 19.5 Å². The molecule has 1 aliphatic heterocycles. The Morgan fingerprint density at radius 3 is 2.91 bits per heavy atom. The molecule has 0 bridgehead atoms. The second kappa shape index (κ2) is 5.25. The zero-order valence-corrected chi connectivity index (χ0v) is 12.4. The second-order valence-corrected chi connectivity index (χ2v) is 5.48. The first kappa shape index (κ1) is 13.5. The lowest BCUT2D eigenvalue weighted by Crippen LogP contribution is -2.31. The average Bonchev–Trinajstić information content (AvgIpc) is 2.91. The topological polar surface area (TPSA) is 79.2 Å². The molecule has 0 saturated heterocycles. The first-order valence-electron chi connectivity index (χ1n) is 7.41. The fourth-order valence-corrected chi connectivity index (χ4v) is 3.00. The highest BCUT2D eigenvalue weighted by Crippen LogP contribution is 2.24. The van der Waals surface area contributed by atoms with Crippen LogP contribution in [0.25, 0.3) is 5.65 Å². The molecule has 23 heavy (non-hydrogen) atoms. The van der Waals surface area contributed by atoms with E-state index in [0.717, 1.165) is 19.5 Å². The zero-order chi connectivity index (χ0) is 15.8. The van der Waals surface area contributed by atoms with Gasteiger partial charge in [-0.3, -0.25) is 0 Å². The maximum absolute atomic E-state index is 12.2. The molecule has 2 aromatic heterocycles. The van der Waals surface area contributed by atoms with Gasteiger partial charge in [0.2, 0.25) is 5.65 Å². The highest BCUT2D eigenvalue weighted by atomic mass is 16.2. The Balaban J connectivity index is 1.80. The van der Waals surface area contributed by atoms with E-state index < -0.39 is 0 Å². The van der Waals surface area contributed by atoms with Gasteiger partial charge in [0.1, 0.15) is 6.54 Å². The van der Waals surface area contributed by atoms with Gasteiger partial charge in [-0.1, -0.05) is 24.3 Å². The van der Waals surface area contributed by atoms with Crippen molar-refractivity contribution in [2.45, 2.75) is 19.5 Å². The summed E-state index contributed by atoms with van der Waals surface area (Å²) in [4.78, 5) is 18.8. The largest absolute Gasteiger partial charge is 0.351 e. The van der Waals surface area contributed by atoms with E-state index in [4.69, 9.17) is 5.26 Å². The first-order chi connectivity index (χ1) is 11.3. The molecule has 7 heteroatoms. The zero-order valence-electron chi connectivity index (χ0n) is 12.4. The SMILES string of the molecule is N#CCn1nc2c(N3CCc4ccccc4C3)nccn2c1=O. The quantitative estimate of drug-likeness (QED) is 0.705. The molecule has 0 spiro atoms. The minimum atomic E-state index is -0.317. The van der Waals surface area contributed by atoms with Gasteiger partial charge in [0.25, 0.3) is 0 Å². The number of nitriles is 1. The molecule has 114 valence electrons. The predicted molar refractivity (Wildman–Crippen MR) is 84.1 cm³/mol. The molecular formula is C16H14N6O. The van der Waals surface area contributed by atoms with Crippen molar-refractivity contribution in [1.29, 1.82) is 5.26 Å². The van der Waals surface area contributed by atoms with Gasteiger partial charge in [0.15, 0.2) is 5.82 Å². The lowest BCUT2D eigenvalue weighted by Gasteiger charge is -2.29. The van der Waals surface area contributed by atoms with Crippen LogP contribution < -0.4 is 10.6 Å². The number of aromatic nitrogens is 4. The van der Waals surface area contributed by atoms with Crippen LogP contribution in [0.5, 0.6) is 0 Å². The van der Waals surface area contributed by atoms with E-state index in [1.807, 2.05) is 12.1 Å². The summed E-state index contributed by atoms with van der Waals surface area (Å²) >= 11 is 0. The monoisotopic (exact) mass is 306 g/mol. The Kier molecular flexibility index (Phi) is 3.08. The van der Waals surface area contributed by atoms with Crippen LogP contribution in [-0.4, -0.2) is 25.7 Å². The number of hydrogen-bond acceptors (Lipinski definition) is 5. The van der Waals surface area contributed by atoms with Crippen LogP contribution in [0.2, 0.25) is 0 Å². The summed E-state index contributed by atoms with van der Waals surface area (Å²) in [6.07, 6.45) is 4.12. The predicted octanol–water partition coefficient (Wildman–Crippen LogP) is 0.977. The highest BCUT2D eigenvalue weighted by molar-refractivity contribution is 5.64. The van der Waals surface area contributed by atoms with E-state index in [2.05, 4.69) is 33.2 Å². The molecule has 3 aromatic rings. The lowest BCUT2D eigenvalue weighted by atomic mass is 10.00. The third-order valence-corrected chi connectivity index (χ3v) is 4.13. The second-order valence-electron chi connectivity index (χ2n) is 5.48. The molecule has 7 nitrogen and oxygen atoms in total. The molecule has 0 fully saturated rings. The Hall–Kier alpha value is -3.14. The van der Waals surface area contributed by atoms with Gasteiger partial charge < -0.3 is 4.90 Å². The molecule has 0 N–H and O–H groups in total. The van der Waals surface area contributed by atoms with E-state index in [1.165, 1.54) is 20.2 Å². The Bertz CT molecular complexity index is 980. The molecule has 4 rings (SSSR count). The van der Waals surface area contributed by atoms with Gasteiger partial charge in [-0.2, -0.15) is 9.94 Å². The third-order valence-electron chi connectivity index (χ3n) is 4.13. The van der Waals surface area contributed by atoms with E-state index in [1.54, 1.807) is 12.4 Å². The van der Waals surface area contributed by atoms with Gasteiger partial charge in [0, 0.05) is 25.5 Å². The van der Waals surface area contributed by atoms with Crippen LogP contribution in [0.4, 0.5) is 5.82 Å². The Morgan fingerprint density at radius 2 is 2.09 bits per heavy atom. The van der Waals surface area contributed by atoms with Crippen molar-refractivity contribution in [3.05, 3.63) is 58.3 Å². The van der Waals surface area contributed by atoms with Crippen molar-refractivity contribution in [1.82, 2.24) is 19.2 Å². The Morgan fingerprint density at radius 1 is 1.26 bits per heavy atom. The molecular weight excluding hydrogens is 292 g/mol. The lowest BCUT2D eigenvalue weighted by molar-refractivity contribution is 0.679. The molecule has 0 radical (unpaired) electrons. The molecule has 0 aliphatic carbocycles. The van der Waals surface area contributed by atoms with Crippen LogP contribution >= 0.6 is 0 Å². The average molecular weight is 306 g/mol. The summed E-state index contributed by atoms with van der Waals surface area (Å²) in [7, 11) is 0. The number of rotatable bonds is 2. The first-order valence-corrected chi connectivity index (χ1v) is 7.41. The molecule has 1 aliphatic rings. The standard InChI is InChI=1S/C16H14N6O/c17-6-9-22-16(23)21-10-7-18-14(15(21)19-22)20-8-5-12-3-1-2-4-13(12)11-20/h1-4,7,10H,5,8-9,11H2. The third kappa shape index (κ3) is 2.16. The van der Waals surface area contributed by atoms with Crippen LogP contribution in [0.15, 0.2) is 41.5 Å². The number of anilines is 1. The van der Waals surface area contributed by atoms with Crippen molar-refractivity contribution in [3.8, 4) is 6.07 Å². The van der Waals surface area contributed by atoms with Crippen molar-refractivity contribution in [2.75, 3.05) is 11.4 Å². The molecule has 0 amide bonds. The van der Waals surface area contributed by atoms with E-state index in [-0.39, 0.29) is 12.2 Å². The van der Waals surface area contributed by atoms with Crippen LogP contribution in [0, 0.1) is 11.3 Å². The van der Waals surface area contributed by atoms with E-state index in [0.29, 0.717) is 11.5 Å². The maximum atomic E-state index is 12.2. The summed E-state index contributed by atoms with van der Waals surface area (Å²) in [6, 6.07) is 10.3. The van der Waals surface area contributed by atoms with Crippen molar-refractivity contribution in [2.24, 2.45) is 0 Å². The maximum Gasteiger partial charge on any atom is 0.351 e. The fraction of sp³-hybridized carbons (Fsp3) is 0.250. The number of fused-ring (bicyclic) bond motifs is 2. The molecule has 0 atom stereocenters. The van der Waals surface area contributed by atoms with Crippen LogP contribution in [0.3, 0.4) is 0 Å². The van der Waals surface area contributed by atoms with E-state index >= 15 is 0 Å². The summed E-state index contributed by atoms with van der Waals surface area (Å²) in [5.41, 5.74) is 2.79. The molecule has 1 aromatic carbocycles. The molecule has 0 saturated carbocycles. The highest BCUT2D eigenvalue weighted by Gasteiger charge is 2.21. The number of hydrogen-bond donors (Lipinski definition) is 0. The van der Waals surface area contributed by atoms with Crippen molar-refractivity contribution in [3.63, 3.8) is 0 Å². The fourth-order valence-electron chi connectivity index (χ4n) is 3.00. The minimum Gasteiger partial charge on any atom is -0.349 e. The van der Waals surface area contributed by atoms with Gasteiger partial charge in [-0.05, 0) is 17.5 Å². The summed E-state index contributed by atoms with van der Waals surface area (Å²) in [5.74, 6) is 0.677.